The number of hydrogen-bond acceptors (Lipinski definition) is 3. The number of rotatable bonds is 12. The van der Waals surface area contributed by atoms with Crippen LogP contribution < -0.4 is 0 Å². The van der Waals surface area contributed by atoms with E-state index in [0.29, 0.717) is 31.5 Å². The molecule has 0 saturated heterocycles. The van der Waals surface area contributed by atoms with Gasteiger partial charge in [-0.15, -0.1) is 0 Å². The molecule has 0 radical (unpaired) electrons. The van der Waals surface area contributed by atoms with E-state index in [4.69, 9.17) is 4.74 Å². The second kappa shape index (κ2) is 8.89. The zero-order valence-corrected chi connectivity index (χ0v) is 20.7. The average Bonchev–Trinajstić information content (AvgIpc) is 3.33. The Balaban J connectivity index is 1.63. The molecule has 0 amide bonds. The predicted octanol–water partition coefficient (Wildman–Crippen LogP) is 6.29. The topological polar surface area (TPSA) is 63.6 Å². The lowest BCUT2D eigenvalue weighted by atomic mass is 9.43. The second-order valence-electron chi connectivity index (χ2n) is 11.8. The van der Waals surface area contributed by atoms with Crippen molar-refractivity contribution in [3.63, 3.8) is 0 Å². The number of unbranched alkanes of at least 4 members (excludes halogenated alkanes) is 5. The number of carbonyl (C=O) groups excluding carboxylic acids is 1. The van der Waals surface area contributed by atoms with Gasteiger partial charge in [-0.2, -0.15) is 0 Å². The van der Waals surface area contributed by atoms with Gasteiger partial charge in [-0.25, -0.2) is 0 Å². The van der Waals surface area contributed by atoms with E-state index in [1.54, 1.807) is 0 Å². The van der Waals surface area contributed by atoms with Crippen LogP contribution in [0.4, 0.5) is 0 Å². The van der Waals surface area contributed by atoms with E-state index in [1.165, 1.54) is 32.1 Å². The summed E-state index contributed by atoms with van der Waals surface area (Å²) in [5.74, 6) is 0.696. The number of aliphatic carboxylic acids is 1. The highest BCUT2D eigenvalue weighted by Gasteiger charge is 2.84. The molecular formula is C28H44O4. The molecule has 0 spiro atoms. The Kier molecular flexibility index (Phi) is 6.66. The van der Waals surface area contributed by atoms with Gasteiger partial charge in [0, 0.05) is 12.0 Å². The second-order valence-corrected chi connectivity index (χ2v) is 11.8. The van der Waals surface area contributed by atoms with Gasteiger partial charge in [-0.3, -0.25) is 4.79 Å². The number of aldehydes is 1. The summed E-state index contributed by atoms with van der Waals surface area (Å²) in [7, 11) is 0. The van der Waals surface area contributed by atoms with Crippen LogP contribution in [0, 0.1) is 45.8 Å². The highest BCUT2D eigenvalue weighted by molar-refractivity contribution is 5.90. The van der Waals surface area contributed by atoms with Crippen molar-refractivity contribution in [2.24, 2.45) is 45.8 Å². The summed E-state index contributed by atoms with van der Waals surface area (Å²) in [6, 6.07) is 0. The van der Waals surface area contributed by atoms with Crippen molar-refractivity contribution in [1.82, 2.24) is 0 Å². The van der Waals surface area contributed by atoms with Crippen LogP contribution in [0.5, 0.6) is 0 Å². The number of carbonyl (C=O) groups is 2. The quantitative estimate of drug-likeness (QED) is 0.218. The van der Waals surface area contributed by atoms with Gasteiger partial charge >= 0.3 is 5.97 Å². The molecule has 32 heavy (non-hydrogen) atoms. The summed E-state index contributed by atoms with van der Waals surface area (Å²) < 4.78 is 6.35. The minimum absolute atomic E-state index is 0.129. The Morgan fingerprint density at radius 2 is 1.91 bits per heavy atom. The van der Waals surface area contributed by atoms with Gasteiger partial charge in [0.05, 0.1) is 12.0 Å². The Labute approximate surface area is 194 Å². The molecule has 180 valence electrons. The van der Waals surface area contributed by atoms with Gasteiger partial charge in [-0.05, 0) is 55.3 Å². The third-order valence-corrected chi connectivity index (χ3v) is 10.1. The highest BCUT2D eigenvalue weighted by atomic mass is 16.5. The Morgan fingerprint density at radius 3 is 2.56 bits per heavy atom. The molecule has 4 bridgehead atoms. The van der Waals surface area contributed by atoms with Crippen molar-refractivity contribution in [3.8, 4) is 0 Å². The molecule has 4 nitrogen and oxygen atoms in total. The third-order valence-electron chi connectivity index (χ3n) is 10.1. The molecule has 3 saturated carbocycles. The molecule has 4 aliphatic rings. The fourth-order valence-electron chi connectivity index (χ4n) is 8.87. The van der Waals surface area contributed by atoms with E-state index in [0.717, 1.165) is 37.5 Å². The van der Waals surface area contributed by atoms with Crippen molar-refractivity contribution < 1.29 is 19.4 Å². The zero-order valence-electron chi connectivity index (χ0n) is 20.7. The monoisotopic (exact) mass is 444 g/mol. The SMILES string of the molecule is CCCCCCCCOC[C@]12C[C@H]3[C@@H](C)CC[C@@H]3[C@]3(C=O)C[C@H]1C=C(C(C)C)[C@]23C(=O)O. The molecule has 0 heterocycles. The molecular weight excluding hydrogens is 400 g/mol. The Bertz CT molecular complexity index is 757. The van der Waals surface area contributed by atoms with Gasteiger partial charge in [0.1, 0.15) is 11.7 Å². The molecule has 7 atom stereocenters. The number of hydrogen-bond donors (Lipinski definition) is 1. The summed E-state index contributed by atoms with van der Waals surface area (Å²) in [6.07, 6.45) is 14.4. The lowest BCUT2D eigenvalue weighted by molar-refractivity contribution is -0.186. The lowest BCUT2D eigenvalue weighted by Crippen LogP contribution is -2.63. The summed E-state index contributed by atoms with van der Waals surface area (Å²) in [5.41, 5.74) is -1.32. The van der Waals surface area contributed by atoms with Crippen LogP contribution in [0.2, 0.25) is 0 Å². The first-order valence-electron chi connectivity index (χ1n) is 13.3. The fraction of sp³-hybridized carbons (Fsp3) is 0.857. The van der Waals surface area contributed by atoms with Crippen LogP contribution in [0.25, 0.3) is 0 Å². The van der Waals surface area contributed by atoms with Gasteiger partial charge < -0.3 is 14.6 Å². The zero-order chi connectivity index (χ0) is 23.1. The molecule has 0 aromatic rings. The van der Waals surface area contributed by atoms with E-state index in [-0.39, 0.29) is 17.8 Å². The van der Waals surface area contributed by atoms with Gasteiger partial charge in [0.25, 0.3) is 0 Å². The number of ether oxygens (including phenoxy) is 1. The summed E-state index contributed by atoms with van der Waals surface area (Å²) in [5, 5.41) is 10.9. The standard InChI is InChI=1S/C28H44O4/c1-5-6-7-8-9-10-13-32-18-27-16-22-20(4)11-12-23(22)26(17-29)15-21(27)14-24(19(2)3)28(26,27)25(30)31/h14,17,19-23H,5-13,15-16,18H2,1-4H3,(H,30,31)/t20-,21+,22-,23-,26+,27+,28+/m0/s1. The summed E-state index contributed by atoms with van der Waals surface area (Å²) in [6.45, 7) is 9.93. The third kappa shape index (κ3) is 3.03. The van der Waals surface area contributed by atoms with Crippen molar-refractivity contribution >= 4 is 12.3 Å². The van der Waals surface area contributed by atoms with Crippen molar-refractivity contribution in [2.75, 3.05) is 13.2 Å². The van der Waals surface area contributed by atoms with E-state index >= 15 is 0 Å². The number of allylic oxidation sites excluding steroid dienone is 1. The normalized spacial score (nSPS) is 41.7. The number of carboxylic acid groups (broad SMARTS) is 1. The molecule has 4 rings (SSSR count). The maximum absolute atomic E-state index is 13.3. The average molecular weight is 445 g/mol. The van der Waals surface area contributed by atoms with Crippen LogP contribution in [0.1, 0.15) is 91.9 Å². The van der Waals surface area contributed by atoms with Gasteiger partial charge in [0.2, 0.25) is 0 Å². The first-order valence-corrected chi connectivity index (χ1v) is 13.3. The number of carboxylic acids is 1. The van der Waals surface area contributed by atoms with E-state index in [9.17, 15) is 14.7 Å². The maximum Gasteiger partial charge on any atom is 0.315 e. The van der Waals surface area contributed by atoms with E-state index in [1.807, 2.05) is 0 Å². The maximum atomic E-state index is 13.3. The molecule has 1 N–H and O–H groups in total. The number of fused-ring (bicyclic) bond motifs is 2. The molecule has 3 fully saturated rings. The first kappa shape index (κ1) is 24.0. The Morgan fingerprint density at radius 1 is 1.19 bits per heavy atom. The smallest absolute Gasteiger partial charge is 0.315 e. The summed E-state index contributed by atoms with van der Waals surface area (Å²) >= 11 is 0. The molecule has 0 aliphatic heterocycles. The first-order chi connectivity index (χ1) is 15.3. The molecule has 4 heteroatoms. The van der Waals surface area contributed by atoms with Crippen LogP contribution in [0.3, 0.4) is 0 Å². The van der Waals surface area contributed by atoms with Gasteiger partial charge in [0.15, 0.2) is 0 Å². The molecule has 0 aromatic carbocycles. The van der Waals surface area contributed by atoms with Crippen molar-refractivity contribution in [3.05, 3.63) is 11.6 Å². The van der Waals surface area contributed by atoms with Crippen LogP contribution in [0.15, 0.2) is 11.6 Å². The van der Waals surface area contributed by atoms with Crippen molar-refractivity contribution in [2.45, 2.75) is 91.9 Å². The minimum Gasteiger partial charge on any atom is -0.481 e. The van der Waals surface area contributed by atoms with Crippen molar-refractivity contribution in [1.29, 1.82) is 0 Å². The minimum atomic E-state index is -1.09. The molecule has 0 unspecified atom stereocenters. The van der Waals surface area contributed by atoms with Crippen LogP contribution >= 0.6 is 0 Å². The molecule has 4 aliphatic carbocycles. The van der Waals surface area contributed by atoms with Gasteiger partial charge in [-0.1, -0.05) is 77.9 Å². The Hall–Kier alpha value is -1.16. The van der Waals surface area contributed by atoms with Crippen LogP contribution in [-0.4, -0.2) is 30.6 Å². The summed E-state index contributed by atoms with van der Waals surface area (Å²) in [4.78, 5) is 26.3. The predicted molar refractivity (Wildman–Crippen MR) is 126 cm³/mol. The largest absolute Gasteiger partial charge is 0.481 e. The highest BCUT2D eigenvalue weighted by Crippen LogP contribution is 2.82. The lowest BCUT2D eigenvalue weighted by Gasteiger charge is -2.58. The fourth-order valence-corrected chi connectivity index (χ4v) is 8.87. The van der Waals surface area contributed by atoms with Crippen LogP contribution in [-0.2, 0) is 14.3 Å². The van der Waals surface area contributed by atoms with E-state index in [2.05, 4.69) is 33.8 Å². The molecule has 0 aromatic heterocycles. The van der Waals surface area contributed by atoms with E-state index < -0.39 is 22.2 Å².